The summed E-state index contributed by atoms with van der Waals surface area (Å²) < 4.78 is 16.9. The zero-order valence-electron chi connectivity index (χ0n) is 51.6. The minimum absolute atomic E-state index is 0.0655. The van der Waals surface area contributed by atoms with Gasteiger partial charge in [-0.1, -0.05) is 340 Å². The first-order valence-electron chi connectivity index (χ1n) is 34.3. The normalized spacial score (nSPS) is 12.1. The lowest BCUT2D eigenvalue weighted by Gasteiger charge is -2.18. The van der Waals surface area contributed by atoms with Crippen LogP contribution in [0.25, 0.3) is 0 Å². The van der Waals surface area contributed by atoms with Crippen molar-refractivity contribution in [3.63, 3.8) is 0 Å². The van der Waals surface area contributed by atoms with E-state index in [1.54, 1.807) is 0 Å². The minimum atomic E-state index is -0.765. The van der Waals surface area contributed by atoms with Crippen LogP contribution in [-0.2, 0) is 28.6 Å². The molecule has 0 aliphatic carbocycles. The van der Waals surface area contributed by atoms with Gasteiger partial charge in [0.2, 0.25) is 0 Å². The molecule has 0 heterocycles. The van der Waals surface area contributed by atoms with Gasteiger partial charge in [0.05, 0.1) is 0 Å². The number of esters is 3. The second-order valence-electron chi connectivity index (χ2n) is 23.5. The molecule has 0 spiro atoms. The molecule has 0 aromatic carbocycles. The van der Waals surface area contributed by atoms with Gasteiger partial charge in [-0.25, -0.2) is 0 Å². The average Bonchev–Trinajstić information content (AvgIpc) is 3.42. The molecule has 0 rings (SSSR count). The second kappa shape index (κ2) is 65.4. The van der Waals surface area contributed by atoms with Crippen LogP contribution in [0.2, 0.25) is 0 Å². The van der Waals surface area contributed by atoms with Gasteiger partial charge in [0.1, 0.15) is 13.2 Å². The van der Waals surface area contributed by atoms with Crippen LogP contribution >= 0.6 is 0 Å². The van der Waals surface area contributed by atoms with E-state index in [1.807, 2.05) is 0 Å². The van der Waals surface area contributed by atoms with Crippen molar-refractivity contribution in [1.29, 1.82) is 0 Å². The molecule has 0 fully saturated rings. The Kier molecular flexibility index (Phi) is 63.6. The van der Waals surface area contributed by atoms with Crippen LogP contribution in [0, 0.1) is 0 Å². The number of rotatable bonds is 64. The van der Waals surface area contributed by atoms with E-state index in [-0.39, 0.29) is 31.1 Å². The van der Waals surface area contributed by atoms with Crippen LogP contribution in [0.15, 0.2) is 24.3 Å². The molecule has 1 unspecified atom stereocenters. The van der Waals surface area contributed by atoms with Gasteiger partial charge in [-0.15, -0.1) is 0 Å². The van der Waals surface area contributed by atoms with Crippen LogP contribution in [0.5, 0.6) is 0 Å². The number of unbranched alkanes of at least 4 members (excludes halogenated alkanes) is 49. The maximum absolute atomic E-state index is 12.9. The molecule has 448 valence electrons. The van der Waals surface area contributed by atoms with Crippen LogP contribution < -0.4 is 0 Å². The van der Waals surface area contributed by atoms with Gasteiger partial charge in [0.25, 0.3) is 0 Å². The van der Waals surface area contributed by atoms with E-state index in [9.17, 15) is 14.4 Å². The fourth-order valence-corrected chi connectivity index (χ4v) is 10.5. The van der Waals surface area contributed by atoms with E-state index in [1.165, 1.54) is 283 Å². The van der Waals surface area contributed by atoms with E-state index in [0.717, 1.165) is 64.2 Å². The number of ether oxygens (including phenoxy) is 3. The molecule has 0 aromatic heterocycles. The van der Waals surface area contributed by atoms with Crippen molar-refractivity contribution in [2.24, 2.45) is 0 Å². The molecule has 76 heavy (non-hydrogen) atoms. The van der Waals surface area contributed by atoms with Gasteiger partial charge in [0.15, 0.2) is 6.10 Å². The third-order valence-electron chi connectivity index (χ3n) is 15.7. The van der Waals surface area contributed by atoms with E-state index in [4.69, 9.17) is 14.2 Å². The number of carbonyl (C=O) groups is 3. The topological polar surface area (TPSA) is 78.9 Å². The van der Waals surface area contributed by atoms with Gasteiger partial charge >= 0.3 is 17.9 Å². The quantitative estimate of drug-likeness (QED) is 0.0261. The number of hydrogen-bond acceptors (Lipinski definition) is 6. The highest BCUT2D eigenvalue weighted by Gasteiger charge is 2.19. The van der Waals surface area contributed by atoms with E-state index < -0.39 is 6.10 Å². The molecule has 0 N–H and O–H groups in total. The third-order valence-corrected chi connectivity index (χ3v) is 15.7. The van der Waals surface area contributed by atoms with Crippen molar-refractivity contribution < 1.29 is 28.6 Å². The average molecular weight is 1070 g/mol. The molecule has 0 bridgehead atoms. The van der Waals surface area contributed by atoms with Crippen molar-refractivity contribution in [2.45, 2.75) is 393 Å². The molecular weight excluding hydrogens is 937 g/mol. The maximum atomic E-state index is 12.9. The lowest BCUT2D eigenvalue weighted by Crippen LogP contribution is -2.30. The van der Waals surface area contributed by atoms with Gasteiger partial charge < -0.3 is 14.2 Å². The molecular formula is C70H132O6. The molecule has 0 saturated heterocycles. The van der Waals surface area contributed by atoms with Crippen molar-refractivity contribution in [3.05, 3.63) is 24.3 Å². The predicted octanol–water partition coefficient (Wildman–Crippen LogP) is 23.4. The summed E-state index contributed by atoms with van der Waals surface area (Å²) in [7, 11) is 0. The Morgan fingerprint density at radius 3 is 0.724 bits per heavy atom. The van der Waals surface area contributed by atoms with E-state index >= 15 is 0 Å². The number of carbonyl (C=O) groups excluding carboxylic acids is 3. The highest BCUT2D eigenvalue weighted by atomic mass is 16.6. The van der Waals surface area contributed by atoms with E-state index in [2.05, 4.69) is 45.1 Å². The zero-order chi connectivity index (χ0) is 55.0. The maximum Gasteiger partial charge on any atom is 0.306 e. The molecule has 0 aliphatic heterocycles. The molecule has 1 atom stereocenters. The number of hydrogen-bond donors (Lipinski definition) is 0. The molecule has 6 heteroatoms. The Balaban J connectivity index is 3.99. The lowest BCUT2D eigenvalue weighted by atomic mass is 10.0. The highest BCUT2D eigenvalue weighted by molar-refractivity contribution is 5.71. The summed E-state index contributed by atoms with van der Waals surface area (Å²) in [4.78, 5) is 38.1. The van der Waals surface area contributed by atoms with E-state index in [0.29, 0.717) is 19.3 Å². The highest BCUT2D eigenvalue weighted by Crippen LogP contribution is 2.19. The Bertz CT molecular complexity index is 1230. The molecule has 0 amide bonds. The summed E-state index contributed by atoms with van der Waals surface area (Å²) in [6.07, 6.45) is 79.6. The van der Waals surface area contributed by atoms with Gasteiger partial charge in [-0.05, 0) is 51.4 Å². The molecule has 6 nitrogen and oxygen atoms in total. The van der Waals surface area contributed by atoms with Gasteiger partial charge in [-0.3, -0.25) is 14.4 Å². The largest absolute Gasteiger partial charge is 0.462 e. The molecule has 0 aromatic rings. The fourth-order valence-electron chi connectivity index (χ4n) is 10.5. The van der Waals surface area contributed by atoms with Crippen molar-refractivity contribution >= 4 is 17.9 Å². The van der Waals surface area contributed by atoms with Crippen LogP contribution in [0.4, 0.5) is 0 Å². The first kappa shape index (κ1) is 73.9. The smallest absolute Gasteiger partial charge is 0.306 e. The Hall–Kier alpha value is -2.11. The molecule has 0 radical (unpaired) electrons. The standard InChI is InChI=1S/C70H132O6/c1-4-7-10-13-16-18-20-22-24-26-28-30-32-34-35-37-38-40-42-44-46-48-50-52-54-57-60-63-69(72)75-66-67(65-74-68(71)62-59-56-15-12-9-6-3)76-70(73)64-61-58-55-53-51-49-47-45-43-41-39-36-33-31-29-27-25-23-21-19-17-14-11-8-5-2/h20,22,26,28,67H,4-19,21,23-25,27,29-66H2,1-3H3/b22-20-,28-26-. The first-order chi connectivity index (χ1) is 37.5. The Morgan fingerprint density at radius 2 is 0.474 bits per heavy atom. The summed E-state index contributed by atoms with van der Waals surface area (Å²) in [5.41, 5.74) is 0. The van der Waals surface area contributed by atoms with Crippen LogP contribution in [0.3, 0.4) is 0 Å². The SMILES string of the molecule is CCCCCCC/C=C\C/C=C\CCCCCCCCCCCCCCCCCC(=O)OCC(COC(=O)CCCCCCCC)OC(=O)CCCCCCCCCCCCCCCCCCCCCCCCCCC. The molecule has 0 saturated carbocycles. The lowest BCUT2D eigenvalue weighted by molar-refractivity contribution is -0.167. The summed E-state index contributed by atoms with van der Waals surface area (Å²) in [6.45, 7) is 6.64. The number of allylic oxidation sites excluding steroid dienone is 4. The minimum Gasteiger partial charge on any atom is -0.462 e. The van der Waals surface area contributed by atoms with Gasteiger partial charge in [-0.2, -0.15) is 0 Å². The first-order valence-corrected chi connectivity index (χ1v) is 34.3. The molecule has 0 aliphatic rings. The van der Waals surface area contributed by atoms with Crippen LogP contribution in [-0.4, -0.2) is 37.2 Å². The van der Waals surface area contributed by atoms with Crippen LogP contribution in [0.1, 0.15) is 387 Å². The zero-order valence-corrected chi connectivity index (χ0v) is 51.6. The fraction of sp³-hybridized carbons (Fsp3) is 0.900. The summed E-state index contributed by atoms with van der Waals surface area (Å²) in [5, 5.41) is 0. The predicted molar refractivity (Wildman–Crippen MR) is 330 cm³/mol. The van der Waals surface area contributed by atoms with Crippen molar-refractivity contribution in [2.75, 3.05) is 13.2 Å². The summed E-state index contributed by atoms with van der Waals surface area (Å²) in [6, 6.07) is 0. The Labute approximate surface area is 474 Å². The summed E-state index contributed by atoms with van der Waals surface area (Å²) in [5.74, 6) is -0.848. The second-order valence-corrected chi connectivity index (χ2v) is 23.5. The van der Waals surface area contributed by atoms with Gasteiger partial charge in [0, 0.05) is 19.3 Å². The third kappa shape index (κ3) is 62.7. The summed E-state index contributed by atoms with van der Waals surface area (Å²) >= 11 is 0. The van der Waals surface area contributed by atoms with Crippen molar-refractivity contribution in [3.8, 4) is 0 Å². The monoisotopic (exact) mass is 1070 g/mol. The van der Waals surface area contributed by atoms with Crippen molar-refractivity contribution in [1.82, 2.24) is 0 Å². The Morgan fingerprint density at radius 1 is 0.263 bits per heavy atom.